The minimum absolute atomic E-state index is 0.0137. The van der Waals surface area contributed by atoms with Crippen LogP contribution in [0.3, 0.4) is 0 Å². The molecule has 1 aliphatic heterocycles. The Labute approximate surface area is 136 Å². The maximum absolute atomic E-state index is 13.0. The zero-order chi connectivity index (χ0) is 17.0. The molecule has 1 saturated heterocycles. The fourth-order valence-electron chi connectivity index (χ4n) is 4.58. The topological polar surface area (TPSA) is 80.5 Å². The van der Waals surface area contributed by atoms with Crippen LogP contribution in [-0.4, -0.2) is 30.2 Å². The van der Waals surface area contributed by atoms with Crippen LogP contribution in [0.25, 0.3) is 0 Å². The Bertz CT molecular complexity index is 759. The van der Waals surface area contributed by atoms with Crippen LogP contribution in [0.1, 0.15) is 40.0 Å². The van der Waals surface area contributed by atoms with E-state index < -0.39 is 14.9 Å². The summed E-state index contributed by atoms with van der Waals surface area (Å²) in [5.41, 5.74) is -0.0926. The van der Waals surface area contributed by atoms with Crippen molar-refractivity contribution in [2.24, 2.45) is 10.8 Å². The molecule has 23 heavy (non-hydrogen) atoms. The quantitative estimate of drug-likeness (QED) is 0.626. The highest BCUT2D eigenvalue weighted by Gasteiger charge is 2.53. The first kappa shape index (κ1) is 16.4. The van der Waals surface area contributed by atoms with Gasteiger partial charge in [0, 0.05) is 24.7 Å². The Morgan fingerprint density at radius 3 is 2.61 bits per heavy atom. The Morgan fingerprint density at radius 1 is 1.26 bits per heavy atom. The fourth-order valence-corrected chi connectivity index (χ4v) is 6.40. The minimum Gasteiger partial charge on any atom is -0.258 e. The molecular weight excluding hydrogens is 316 g/mol. The van der Waals surface area contributed by atoms with E-state index in [0.717, 1.165) is 25.3 Å². The van der Waals surface area contributed by atoms with E-state index in [4.69, 9.17) is 0 Å². The Morgan fingerprint density at radius 2 is 1.96 bits per heavy atom. The van der Waals surface area contributed by atoms with Gasteiger partial charge in [0.2, 0.25) is 10.0 Å². The molecule has 6 nitrogen and oxygen atoms in total. The van der Waals surface area contributed by atoms with Gasteiger partial charge in [0.25, 0.3) is 5.69 Å². The van der Waals surface area contributed by atoms with Gasteiger partial charge in [-0.05, 0) is 36.2 Å². The van der Waals surface area contributed by atoms with Crippen LogP contribution >= 0.6 is 0 Å². The Kier molecular flexibility index (Phi) is 3.57. The molecule has 7 heteroatoms. The molecule has 1 heterocycles. The highest BCUT2D eigenvalue weighted by Crippen LogP contribution is 2.53. The average Bonchev–Trinajstić information content (AvgIpc) is 2.68. The fraction of sp³-hybridized carbons (Fsp3) is 0.625. The molecule has 1 aromatic carbocycles. The third-order valence-corrected chi connectivity index (χ3v) is 6.90. The summed E-state index contributed by atoms with van der Waals surface area (Å²) in [4.78, 5) is 10.4. The summed E-state index contributed by atoms with van der Waals surface area (Å²) in [5.74, 6) is 0. The number of rotatable bonds is 3. The van der Waals surface area contributed by atoms with Crippen LogP contribution in [0.5, 0.6) is 0 Å². The molecule has 1 aliphatic carbocycles. The first-order chi connectivity index (χ1) is 10.5. The van der Waals surface area contributed by atoms with Crippen LogP contribution in [0.15, 0.2) is 29.2 Å². The molecule has 1 aromatic rings. The molecule has 2 aliphatic rings. The molecule has 1 saturated carbocycles. The van der Waals surface area contributed by atoms with Gasteiger partial charge in [-0.2, -0.15) is 4.31 Å². The van der Waals surface area contributed by atoms with E-state index in [1.807, 2.05) is 0 Å². The molecule has 126 valence electrons. The minimum atomic E-state index is -3.71. The number of nitrogens with zero attached hydrogens (tertiary/aromatic N) is 2. The van der Waals surface area contributed by atoms with Gasteiger partial charge in [-0.3, -0.25) is 10.1 Å². The predicted molar refractivity (Wildman–Crippen MR) is 86.5 cm³/mol. The van der Waals surface area contributed by atoms with Crippen molar-refractivity contribution < 1.29 is 13.3 Å². The number of benzene rings is 1. The second-order valence-electron chi connectivity index (χ2n) is 8.02. The number of nitro benzene ring substituents is 1. The van der Waals surface area contributed by atoms with Gasteiger partial charge in [0.1, 0.15) is 0 Å². The van der Waals surface area contributed by atoms with Crippen molar-refractivity contribution in [3.63, 3.8) is 0 Å². The molecule has 0 radical (unpaired) electrons. The second kappa shape index (κ2) is 5.01. The Balaban J connectivity index is 1.98. The standard InChI is InChI=1S/C16H22N2O4S/c1-15(2)8-13-9-16(3,10-15)11-17(13)23(21,22)14-6-4-5-12(7-14)18(19)20/h4-7,13H,8-11H2,1-3H3/t13-,16+/m1/s1. The van der Waals surface area contributed by atoms with E-state index >= 15 is 0 Å². The number of fused-ring (bicyclic) bond motifs is 2. The third kappa shape index (κ3) is 2.87. The first-order valence-corrected chi connectivity index (χ1v) is 9.23. The summed E-state index contributed by atoms with van der Waals surface area (Å²) in [5, 5.41) is 10.9. The van der Waals surface area contributed by atoms with Crippen molar-refractivity contribution in [1.82, 2.24) is 4.31 Å². The zero-order valence-electron chi connectivity index (χ0n) is 13.7. The monoisotopic (exact) mass is 338 g/mol. The first-order valence-electron chi connectivity index (χ1n) is 7.79. The summed E-state index contributed by atoms with van der Waals surface area (Å²) in [6, 6.07) is 5.32. The summed E-state index contributed by atoms with van der Waals surface area (Å²) >= 11 is 0. The van der Waals surface area contributed by atoms with Crippen molar-refractivity contribution in [1.29, 1.82) is 0 Å². The lowest BCUT2D eigenvalue weighted by molar-refractivity contribution is -0.385. The molecule has 0 aromatic heterocycles. The van der Waals surface area contributed by atoms with Crippen molar-refractivity contribution >= 4 is 15.7 Å². The highest BCUT2D eigenvalue weighted by atomic mass is 32.2. The lowest BCUT2D eigenvalue weighted by atomic mass is 9.65. The van der Waals surface area contributed by atoms with Gasteiger partial charge in [0.05, 0.1) is 9.82 Å². The van der Waals surface area contributed by atoms with Crippen molar-refractivity contribution in [3.8, 4) is 0 Å². The molecule has 0 N–H and O–H groups in total. The third-order valence-electron chi connectivity index (χ3n) is 5.00. The molecule has 0 spiro atoms. The summed E-state index contributed by atoms with van der Waals surface area (Å²) in [7, 11) is -3.71. The highest BCUT2D eigenvalue weighted by molar-refractivity contribution is 7.89. The van der Waals surface area contributed by atoms with Crippen LogP contribution < -0.4 is 0 Å². The van der Waals surface area contributed by atoms with E-state index in [2.05, 4.69) is 20.8 Å². The molecule has 3 rings (SSSR count). The van der Waals surface area contributed by atoms with Crippen LogP contribution in [-0.2, 0) is 10.0 Å². The Hall–Kier alpha value is -1.47. The van der Waals surface area contributed by atoms with Crippen molar-refractivity contribution in [2.75, 3.05) is 6.54 Å². The SMILES string of the molecule is CC1(C)C[C@@H]2C[C@](C)(CN2S(=O)(=O)c2cccc([N+](=O)[O-])c2)C1. The predicted octanol–water partition coefficient (Wildman–Crippen LogP) is 3.18. The van der Waals surface area contributed by atoms with E-state index in [0.29, 0.717) is 6.54 Å². The van der Waals surface area contributed by atoms with Gasteiger partial charge < -0.3 is 0 Å². The maximum Gasteiger partial charge on any atom is 0.270 e. The van der Waals surface area contributed by atoms with Gasteiger partial charge >= 0.3 is 0 Å². The number of non-ortho nitro benzene ring substituents is 1. The van der Waals surface area contributed by atoms with Gasteiger partial charge in [0.15, 0.2) is 0 Å². The van der Waals surface area contributed by atoms with Gasteiger partial charge in [-0.25, -0.2) is 8.42 Å². The molecule has 0 amide bonds. The molecule has 2 fully saturated rings. The van der Waals surface area contributed by atoms with Crippen LogP contribution in [0.2, 0.25) is 0 Å². The largest absolute Gasteiger partial charge is 0.270 e. The second-order valence-corrected chi connectivity index (χ2v) is 9.91. The molecule has 2 bridgehead atoms. The van der Waals surface area contributed by atoms with E-state index in [1.54, 1.807) is 4.31 Å². The van der Waals surface area contributed by atoms with Crippen LogP contribution in [0.4, 0.5) is 5.69 Å². The molecule has 2 atom stereocenters. The van der Waals surface area contributed by atoms with Gasteiger partial charge in [-0.1, -0.05) is 26.8 Å². The lowest BCUT2D eigenvalue weighted by Gasteiger charge is -2.39. The number of hydrogen-bond donors (Lipinski definition) is 0. The zero-order valence-corrected chi connectivity index (χ0v) is 14.5. The van der Waals surface area contributed by atoms with Crippen molar-refractivity contribution in [3.05, 3.63) is 34.4 Å². The number of hydrogen-bond acceptors (Lipinski definition) is 4. The van der Waals surface area contributed by atoms with E-state index in [-0.39, 0.29) is 27.5 Å². The summed E-state index contributed by atoms with van der Waals surface area (Å²) in [6.07, 6.45) is 2.69. The van der Waals surface area contributed by atoms with E-state index in [1.165, 1.54) is 18.2 Å². The molecular formula is C16H22N2O4S. The lowest BCUT2D eigenvalue weighted by Crippen LogP contribution is -2.37. The van der Waals surface area contributed by atoms with E-state index in [9.17, 15) is 18.5 Å². The van der Waals surface area contributed by atoms with Crippen LogP contribution in [0, 0.1) is 20.9 Å². The van der Waals surface area contributed by atoms with Gasteiger partial charge in [-0.15, -0.1) is 0 Å². The number of sulfonamides is 1. The smallest absolute Gasteiger partial charge is 0.258 e. The summed E-state index contributed by atoms with van der Waals surface area (Å²) in [6.45, 7) is 7.00. The number of nitro groups is 1. The maximum atomic E-state index is 13.0. The normalized spacial score (nSPS) is 30.3. The van der Waals surface area contributed by atoms with Crippen molar-refractivity contribution in [2.45, 2.75) is 51.0 Å². The summed E-state index contributed by atoms with van der Waals surface area (Å²) < 4.78 is 27.6. The molecule has 0 unspecified atom stereocenters. The average molecular weight is 338 g/mol.